The van der Waals surface area contributed by atoms with E-state index in [2.05, 4.69) is 5.92 Å². The zero-order valence-corrected chi connectivity index (χ0v) is 22.9. The summed E-state index contributed by atoms with van der Waals surface area (Å²) in [5.41, 5.74) is 5.83. The first-order valence-electron chi connectivity index (χ1n) is 13.7. The van der Waals surface area contributed by atoms with Crippen molar-refractivity contribution in [1.82, 2.24) is 4.90 Å². The van der Waals surface area contributed by atoms with E-state index in [-0.39, 0.29) is 24.2 Å². The average molecular weight is 557 g/mol. The number of terminal acetylenes is 1. The predicted octanol–water partition coefficient (Wildman–Crippen LogP) is 1.49. The topological polar surface area (TPSA) is 155 Å². The largest absolute Gasteiger partial charge is 0.507 e. The van der Waals surface area contributed by atoms with E-state index < -0.39 is 64.4 Å². The van der Waals surface area contributed by atoms with E-state index in [0.29, 0.717) is 12.0 Å². The summed E-state index contributed by atoms with van der Waals surface area (Å²) in [5.74, 6) is -7.93. The van der Waals surface area contributed by atoms with Gasteiger partial charge in [0.1, 0.15) is 5.75 Å². The zero-order chi connectivity index (χ0) is 29.8. The number of ketones is 4. The second-order valence-electron chi connectivity index (χ2n) is 11.5. The number of Topliss-reactive ketones (excluding diaryl/α,β-unsaturated/α-hetero) is 4. The van der Waals surface area contributed by atoms with Crippen molar-refractivity contribution in [3.8, 4) is 29.2 Å². The number of carbonyl (C=O) groups excluding carboxylic acids is 5. The maximum absolute atomic E-state index is 13.9. The number of rotatable bonds is 6. The van der Waals surface area contributed by atoms with Crippen LogP contribution in [0.25, 0.3) is 11.1 Å². The van der Waals surface area contributed by atoms with E-state index >= 15 is 0 Å². The van der Waals surface area contributed by atoms with Gasteiger partial charge in [0.2, 0.25) is 5.91 Å². The summed E-state index contributed by atoms with van der Waals surface area (Å²) in [7, 11) is 3.11. The van der Waals surface area contributed by atoms with E-state index in [9.17, 15) is 34.2 Å². The number of nitrogens with zero attached hydrogens (tertiary/aromatic N) is 1. The molecule has 212 valence electrons. The van der Waals surface area contributed by atoms with Gasteiger partial charge in [-0.05, 0) is 74.0 Å². The Hall–Kier alpha value is -4.13. The van der Waals surface area contributed by atoms with Crippen molar-refractivity contribution < 1.29 is 34.2 Å². The molecule has 2 fully saturated rings. The van der Waals surface area contributed by atoms with Gasteiger partial charge in [0.15, 0.2) is 34.7 Å². The van der Waals surface area contributed by atoms with Gasteiger partial charge >= 0.3 is 0 Å². The van der Waals surface area contributed by atoms with Gasteiger partial charge in [-0.2, -0.15) is 0 Å². The van der Waals surface area contributed by atoms with Crippen LogP contribution in [0.15, 0.2) is 36.4 Å². The number of phenolic OH excluding ortho intramolecular Hbond substituents is 1. The number of carbonyl (C=O) groups is 5. The molecule has 0 heterocycles. The van der Waals surface area contributed by atoms with Crippen molar-refractivity contribution >= 4 is 29.0 Å². The normalized spacial score (nSPS) is 29.0. The molecule has 5 rings (SSSR count). The average Bonchev–Trinajstić information content (AvgIpc) is 2.91. The van der Waals surface area contributed by atoms with Crippen LogP contribution in [0.4, 0.5) is 0 Å². The van der Waals surface area contributed by atoms with E-state index in [1.165, 1.54) is 11.0 Å². The van der Waals surface area contributed by atoms with Crippen molar-refractivity contribution in [2.75, 3.05) is 14.1 Å². The molecule has 0 radical (unpaired) electrons. The van der Waals surface area contributed by atoms with E-state index in [4.69, 9.17) is 12.2 Å². The Labute approximate surface area is 237 Å². The Morgan fingerprint density at radius 1 is 1.10 bits per heavy atom. The van der Waals surface area contributed by atoms with Gasteiger partial charge in [-0.1, -0.05) is 30.3 Å². The number of primary amides is 1. The number of aromatic hydroxyl groups is 1. The predicted molar refractivity (Wildman–Crippen MR) is 149 cm³/mol. The number of aryl methyl sites for hydroxylation is 1. The van der Waals surface area contributed by atoms with Gasteiger partial charge < -0.3 is 15.9 Å². The summed E-state index contributed by atoms with van der Waals surface area (Å²) in [5, 5.41) is 22.4. The fraction of sp³-hybridized carbons (Fsp3) is 0.406. The number of aliphatic hydroxyl groups is 1. The third-order valence-corrected chi connectivity index (χ3v) is 9.00. The van der Waals surface area contributed by atoms with Gasteiger partial charge in [0, 0.05) is 12.3 Å². The molecular formula is C32H32N2O7. The van der Waals surface area contributed by atoms with Crippen molar-refractivity contribution in [3.63, 3.8) is 0 Å². The Kier molecular flexibility index (Phi) is 7.18. The third-order valence-electron chi connectivity index (χ3n) is 9.00. The number of hydrogen-bond acceptors (Lipinski definition) is 8. The van der Waals surface area contributed by atoms with E-state index in [1.807, 2.05) is 24.3 Å². The SMILES string of the molecule is C#CCCCc1ccc(-c2ccc(O)c3c2C[C@@H]2C[C@@H]4C(N(C)C)C(=O)C(C(N)=O)C(=O)[C@]4(O)C(=O)C2C3=O)cc1. The highest BCUT2D eigenvalue weighted by Gasteiger charge is 2.69. The quantitative estimate of drug-likeness (QED) is 0.275. The lowest BCUT2D eigenvalue weighted by molar-refractivity contribution is -0.181. The molecular weight excluding hydrogens is 524 g/mol. The summed E-state index contributed by atoms with van der Waals surface area (Å²) in [6.45, 7) is 0. The van der Waals surface area contributed by atoms with Crippen LogP contribution < -0.4 is 5.73 Å². The summed E-state index contributed by atoms with van der Waals surface area (Å²) in [6.07, 6.45) is 7.93. The molecule has 9 nitrogen and oxygen atoms in total. The maximum atomic E-state index is 13.9. The fourth-order valence-electron chi connectivity index (χ4n) is 7.12. The molecule has 41 heavy (non-hydrogen) atoms. The minimum atomic E-state index is -2.74. The summed E-state index contributed by atoms with van der Waals surface area (Å²) in [4.78, 5) is 68.0. The molecule has 3 unspecified atom stereocenters. The lowest BCUT2D eigenvalue weighted by atomic mass is 9.52. The monoisotopic (exact) mass is 556 g/mol. The van der Waals surface area contributed by atoms with Gasteiger partial charge in [0.25, 0.3) is 0 Å². The molecule has 3 aliphatic carbocycles. The van der Waals surface area contributed by atoms with Gasteiger partial charge in [0.05, 0.1) is 17.5 Å². The number of hydrogen-bond donors (Lipinski definition) is 3. The smallest absolute Gasteiger partial charge is 0.235 e. The second kappa shape index (κ2) is 10.4. The van der Waals surface area contributed by atoms with Crippen LogP contribution >= 0.6 is 0 Å². The molecule has 0 saturated heterocycles. The van der Waals surface area contributed by atoms with Gasteiger partial charge in [-0.3, -0.25) is 28.9 Å². The standard InChI is InChI=1S/C32H32N2O7/c1-4-5-6-7-16-8-10-17(11-9-16)19-12-13-22(35)24-20(19)14-18-15-21-26(34(2)3)28(37)25(31(33)40)30(39)32(21,41)29(38)23(18)27(24)36/h1,8-13,18,21,23,25-26,35,41H,5-7,14-15H2,2-3H3,(H2,33,40)/t18-,21-,23?,25?,26?,32-/m1/s1. The van der Waals surface area contributed by atoms with Crippen LogP contribution in [0.2, 0.25) is 0 Å². The van der Waals surface area contributed by atoms with E-state index in [0.717, 1.165) is 29.5 Å². The molecule has 0 bridgehead atoms. The Balaban J connectivity index is 1.57. The lowest BCUT2D eigenvalue weighted by Crippen LogP contribution is -2.74. The minimum absolute atomic E-state index is 0.00705. The first kappa shape index (κ1) is 28.4. The van der Waals surface area contributed by atoms with Gasteiger partial charge in [-0.25, -0.2) is 0 Å². The zero-order valence-electron chi connectivity index (χ0n) is 22.9. The molecule has 4 N–H and O–H groups in total. The summed E-state index contributed by atoms with van der Waals surface area (Å²) < 4.78 is 0. The van der Waals surface area contributed by atoms with Crippen LogP contribution in [0, 0.1) is 36.0 Å². The number of benzene rings is 2. The Morgan fingerprint density at radius 2 is 1.78 bits per heavy atom. The van der Waals surface area contributed by atoms with Crippen LogP contribution in [-0.2, 0) is 32.0 Å². The Morgan fingerprint density at radius 3 is 2.39 bits per heavy atom. The van der Waals surface area contributed by atoms with Crippen molar-refractivity contribution in [3.05, 3.63) is 53.1 Å². The van der Waals surface area contributed by atoms with Gasteiger partial charge in [-0.15, -0.1) is 12.3 Å². The minimum Gasteiger partial charge on any atom is -0.507 e. The highest BCUT2D eigenvalue weighted by molar-refractivity contribution is 6.32. The molecule has 0 aliphatic heterocycles. The van der Waals surface area contributed by atoms with Crippen LogP contribution in [0.3, 0.4) is 0 Å². The molecule has 2 saturated carbocycles. The highest BCUT2D eigenvalue weighted by Crippen LogP contribution is 2.51. The second-order valence-corrected chi connectivity index (χ2v) is 11.5. The molecule has 9 heteroatoms. The van der Waals surface area contributed by atoms with Crippen LogP contribution in [0.1, 0.15) is 40.7 Å². The molecule has 1 amide bonds. The first-order valence-corrected chi connectivity index (χ1v) is 13.7. The number of likely N-dealkylation sites (N-methyl/N-ethyl adjacent to an activating group) is 1. The Bertz CT molecular complexity index is 1520. The van der Waals surface area contributed by atoms with Crippen molar-refractivity contribution in [2.24, 2.45) is 29.4 Å². The number of fused-ring (bicyclic) bond motifs is 3. The number of amides is 1. The number of unbranched alkanes of at least 4 members (excludes halogenated alkanes) is 1. The summed E-state index contributed by atoms with van der Waals surface area (Å²) in [6, 6.07) is 9.82. The molecule has 3 aliphatic rings. The molecule has 2 aromatic carbocycles. The summed E-state index contributed by atoms with van der Waals surface area (Å²) >= 11 is 0. The van der Waals surface area contributed by atoms with Crippen LogP contribution in [-0.4, -0.2) is 69.9 Å². The van der Waals surface area contributed by atoms with Crippen molar-refractivity contribution in [1.29, 1.82) is 0 Å². The number of nitrogens with two attached hydrogens (primary N) is 1. The molecule has 0 aromatic heterocycles. The fourth-order valence-corrected chi connectivity index (χ4v) is 7.12. The van der Waals surface area contributed by atoms with Crippen molar-refractivity contribution in [2.45, 2.75) is 43.7 Å². The highest BCUT2D eigenvalue weighted by atomic mass is 16.3. The third kappa shape index (κ3) is 4.30. The lowest BCUT2D eigenvalue weighted by Gasteiger charge is -2.52. The van der Waals surface area contributed by atoms with Crippen LogP contribution in [0.5, 0.6) is 5.75 Å². The maximum Gasteiger partial charge on any atom is 0.235 e. The molecule has 0 spiro atoms. The number of phenols is 1. The first-order chi connectivity index (χ1) is 19.4. The molecule has 2 aromatic rings. The van der Waals surface area contributed by atoms with E-state index in [1.54, 1.807) is 20.2 Å². The molecule has 6 atom stereocenters.